The number of hydrogen-bond donors (Lipinski definition) is 1. The van der Waals surface area contributed by atoms with Crippen molar-refractivity contribution >= 4 is 39.5 Å². The first-order chi connectivity index (χ1) is 15.6. The highest BCUT2D eigenvalue weighted by molar-refractivity contribution is 9.10. The minimum atomic E-state index is -0.939. The van der Waals surface area contributed by atoms with Crippen LogP contribution in [0.25, 0.3) is 0 Å². The number of anilines is 1. The van der Waals surface area contributed by atoms with Gasteiger partial charge >= 0.3 is 5.97 Å². The first-order valence-corrected chi connectivity index (χ1v) is 11.1. The minimum absolute atomic E-state index is 0.259. The Morgan fingerprint density at radius 1 is 1.06 bits per heavy atom. The van der Waals surface area contributed by atoms with E-state index in [4.69, 9.17) is 14.6 Å². The lowest BCUT2D eigenvalue weighted by molar-refractivity contribution is 0.0697. The third-order valence-electron chi connectivity index (χ3n) is 5.14. The minimum Gasteiger partial charge on any atom is -0.488 e. The molecule has 3 aromatic carbocycles. The van der Waals surface area contributed by atoms with Crippen LogP contribution in [0.2, 0.25) is 0 Å². The highest BCUT2D eigenvalue weighted by Crippen LogP contribution is 2.27. The Kier molecular flexibility index (Phi) is 7.19. The zero-order valence-electron chi connectivity index (χ0n) is 17.4. The van der Waals surface area contributed by atoms with E-state index in [1.165, 1.54) is 5.69 Å². The summed E-state index contributed by atoms with van der Waals surface area (Å²) in [6.07, 6.45) is 1.82. The number of halogens is 1. The third-order valence-corrected chi connectivity index (χ3v) is 5.76. The number of morpholine rings is 1. The number of aliphatic imine (C=N–C) groups is 1. The lowest BCUT2D eigenvalue weighted by atomic mass is 10.1. The molecule has 0 radical (unpaired) electrons. The smallest absolute Gasteiger partial charge is 0.335 e. The molecule has 0 atom stereocenters. The van der Waals surface area contributed by atoms with Gasteiger partial charge < -0.3 is 19.5 Å². The molecule has 1 fully saturated rings. The van der Waals surface area contributed by atoms with Crippen molar-refractivity contribution in [3.8, 4) is 5.75 Å². The molecule has 4 rings (SSSR count). The Bertz CT molecular complexity index is 1090. The molecule has 0 unspecified atom stereocenters. The molecule has 7 heteroatoms. The summed E-state index contributed by atoms with van der Waals surface area (Å²) >= 11 is 3.55. The number of ether oxygens (including phenoxy) is 2. The highest BCUT2D eigenvalue weighted by Gasteiger charge is 2.10. The van der Waals surface area contributed by atoms with E-state index in [0.717, 1.165) is 47.6 Å². The van der Waals surface area contributed by atoms with Crippen molar-refractivity contribution in [3.63, 3.8) is 0 Å². The van der Waals surface area contributed by atoms with Crippen molar-refractivity contribution < 1.29 is 19.4 Å². The molecule has 1 heterocycles. The standard InChI is InChI=1S/C25H23BrN2O4/c26-23-15-19(3-10-24(23)32-17-18-1-4-20(5-2-18)25(29)30)16-27-21-6-8-22(9-7-21)28-11-13-31-14-12-28/h1-10,15-16H,11-14,17H2,(H,29,30). The molecule has 0 bridgehead atoms. The molecule has 1 aliphatic heterocycles. The predicted molar refractivity (Wildman–Crippen MR) is 129 cm³/mol. The molecule has 1 aliphatic rings. The van der Waals surface area contributed by atoms with Gasteiger partial charge in [0.25, 0.3) is 0 Å². The summed E-state index contributed by atoms with van der Waals surface area (Å²) in [6.45, 7) is 3.72. The summed E-state index contributed by atoms with van der Waals surface area (Å²) < 4.78 is 12.1. The summed E-state index contributed by atoms with van der Waals surface area (Å²) in [7, 11) is 0. The van der Waals surface area contributed by atoms with Gasteiger partial charge in [-0.1, -0.05) is 12.1 Å². The molecule has 32 heavy (non-hydrogen) atoms. The molecule has 3 aromatic rings. The van der Waals surface area contributed by atoms with Crippen molar-refractivity contribution in [2.45, 2.75) is 6.61 Å². The molecule has 1 saturated heterocycles. The molecule has 0 spiro atoms. The van der Waals surface area contributed by atoms with Crippen molar-refractivity contribution in [2.75, 3.05) is 31.2 Å². The molecule has 0 aromatic heterocycles. The van der Waals surface area contributed by atoms with Crippen LogP contribution < -0.4 is 9.64 Å². The molecule has 0 aliphatic carbocycles. The zero-order valence-corrected chi connectivity index (χ0v) is 19.0. The summed E-state index contributed by atoms with van der Waals surface area (Å²) in [5.41, 5.74) is 4.19. The van der Waals surface area contributed by atoms with E-state index in [1.807, 2.05) is 36.5 Å². The van der Waals surface area contributed by atoms with Gasteiger partial charge in [-0.3, -0.25) is 4.99 Å². The fraction of sp³-hybridized carbons (Fsp3) is 0.200. The van der Waals surface area contributed by atoms with E-state index < -0.39 is 5.97 Å². The molecule has 164 valence electrons. The quantitative estimate of drug-likeness (QED) is 0.450. The summed E-state index contributed by atoms with van der Waals surface area (Å²) in [4.78, 5) is 17.8. The van der Waals surface area contributed by atoms with E-state index in [0.29, 0.717) is 12.4 Å². The fourth-order valence-corrected chi connectivity index (χ4v) is 3.85. The van der Waals surface area contributed by atoms with Gasteiger partial charge in [-0.2, -0.15) is 0 Å². The Labute approximate surface area is 195 Å². The molecular weight excluding hydrogens is 472 g/mol. The Morgan fingerprint density at radius 2 is 1.78 bits per heavy atom. The van der Waals surface area contributed by atoms with Gasteiger partial charge in [0.1, 0.15) is 12.4 Å². The van der Waals surface area contributed by atoms with E-state index in [1.54, 1.807) is 24.3 Å². The van der Waals surface area contributed by atoms with Crippen LogP contribution in [0.4, 0.5) is 11.4 Å². The number of rotatable bonds is 7. The van der Waals surface area contributed by atoms with Crippen molar-refractivity contribution in [1.82, 2.24) is 0 Å². The van der Waals surface area contributed by atoms with E-state index in [-0.39, 0.29) is 5.56 Å². The molecule has 0 saturated carbocycles. The third kappa shape index (κ3) is 5.75. The number of hydrogen-bond acceptors (Lipinski definition) is 5. The second-order valence-electron chi connectivity index (χ2n) is 7.35. The summed E-state index contributed by atoms with van der Waals surface area (Å²) in [6, 6.07) is 20.7. The Hall–Kier alpha value is -3.16. The molecule has 6 nitrogen and oxygen atoms in total. The highest BCUT2D eigenvalue weighted by atomic mass is 79.9. The van der Waals surface area contributed by atoms with E-state index in [9.17, 15) is 4.79 Å². The van der Waals surface area contributed by atoms with Gasteiger partial charge in [-0.25, -0.2) is 4.79 Å². The number of nitrogens with zero attached hydrogens (tertiary/aromatic N) is 2. The normalized spacial score (nSPS) is 14.0. The van der Waals surface area contributed by atoms with E-state index >= 15 is 0 Å². The van der Waals surface area contributed by atoms with Gasteiger partial charge in [0.05, 0.1) is 28.9 Å². The fourth-order valence-electron chi connectivity index (χ4n) is 3.34. The van der Waals surface area contributed by atoms with Gasteiger partial charge in [-0.05, 0) is 81.7 Å². The Balaban J connectivity index is 1.35. The van der Waals surface area contributed by atoms with Crippen LogP contribution in [-0.2, 0) is 11.3 Å². The van der Waals surface area contributed by atoms with Crippen LogP contribution >= 0.6 is 15.9 Å². The van der Waals surface area contributed by atoms with Crippen LogP contribution in [-0.4, -0.2) is 43.6 Å². The SMILES string of the molecule is O=C(O)c1ccc(COc2ccc(C=Nc3ccc(N4CCOCC4)cc3)cc2Br)cc1. The van der Waals surface area contributed by atoms with Crippen LogP contribution in [0.3, 0.4) is 0 Å². The second-order valence-corrected chi connectivity index (χ2v) is 8.21. The van der Waals surface area contributed by atoms with Gasteiger partial charge in [0.15, 0.2) is 0 Å². The average molecular weight is 495 g/mol. The first kappa shape index (κ1) is 22.0. The Morgan fingerprint density at radius 3 is 2.44 bits per heavy atom. The van der Waals surface area contributed by atoms with Crippen molar-refractivity contribution in [2.24, 2.45) is 4.99 Å². The number of carboxylic acid groups (broad SMARTS) is 1. The second kappa shape index (κ2) is 10.4. The first-order valence-electron chi connectivity index (χ1n) is 10.3. The summed E-state index contributed by atoms with van der Waals surface area (Å²) in [5.74, 6) is -0.232. The predicted octanol–water partition coefficient (Wildman–Crippen LogP) is 5.31. The van der Waals surface area contributed by atoms with E-state index in [2.05, 4.69) is 38.0 Å². The maximum Gasteiger partial charge on any atom is 0.335 e. The summed E-state index contributed by atoms with van der Waals surface area (Å²) in [5, 5.41) is 8.97. The topological polar surface area (TPSA) is 71.4 Å². The lowest BCUT2D eigenvalue weighted by Gasteiger charge is -2.28. The average Bonchev–Trinajstić information content (AvgIpc) is 2.83. The number of carbonyl (C=O) groups is 1. The van der Waals surface area contributed by atoms with Crippen LogP contribution in [0.15, 0.2) is 76.2 Å². The molecular formula is C25H23BrN2O4. The maximum atomic E-state index is 10.9. The van der Waals surface area contributed by atoms with Crippen molar-refractivity contribution in [1.29, 1.82) is 0 Å². The monoisotopic (exact) mass is 494 g/mol. The van der Waals surface area contributed by atoms with Gasteiger partial charge in [-0.15, -0.1) is 0 Å². The van der Waals surface area contributed by atoms with Crippen LogP contribution in [0, 0.1) is 0 Å². The maximum absolute atomic E-state index is 10.9. The van der Waals surface area contributed by atoms with Crippen LogP contribution in [0.5, 0.6) is 5.75 Å². The number of aromatic carboxylic acids is 1. The largest absolute Gasteiger partial charge is 0.488 e. The van der Waals surface area contributed by atoms with Gasteiger partial charge in [0, 0.05) is 25.0 Å². The number of benzene rings is 3. The lowest BCUT2D eigenvalue weighted by Crippen LogP contribution is -2.36. The zero-order chi connectivity index (χ0) is 22.3. The number of carboxylic acids is 1. The van der Waals surface area contributed by atoms with Gasteiger partial charge in [0.2, 0.25) is 0 Å². The van der Waals surface area contributed by atoms with Crippen LogP contribution in [0.1, 0.15) is 21.5 Å². The molecule has 1 N–H and O–H groups in total. The van der Waals surface area contributed by atoms with Crippen molar-refractivity contribution in [3.05, 3.63) is 87.9 Å². The molecule has 0 amide bonds.